The summed E-state index contributed by atoms with van der Waals surface area (Å²) >= 11 is 0. The highest BCUT2D eigenvalue weighted by Gasteiger charge is 1.95. The predicted molar refractivity (Wildman–Crippen MR) is 105 cm³/mol. The molecule has 2 radical (unpaired) electrons. The number of rotatable bonds is 17. The van der Waals surface area contributed by atoms with E-state index in [1.807, 2.05) is 24.3 Å². The van der Waals surface area contributed by atoms with Crippen molar-refractivity contribution in [2.24, 2.45) is 0 Å². The van der Waals surface area contributed by atoms with Crippen molar-refractivity contribution in [1.29, 1.82) is 0 Å². The second-order valence-corrected chi connectivity index (χ2v) is 6.89. The average Bonchev–Trinajstić information content (AvgIpc) is 2.62. The summed E-state index contributed by atoms with van der Waals surface area (Å²) in [5, 5.41) is 0. The average molecular weight is 331 g/mol. The van der Waals surface area contributed by atoms with Gasteiger partial charge in [0.15, 0.2) is 0 Å². The number of hydrogen-bond donors (Lipinski definition) is 0. The Hall–Kier alpha value is -0.980. The van der Waals surface area contributed by atoms with Gasteiger partial charge in [-0.15, -0.1) is 0 Å². The van der Waals surface area contributed by atoms with E-state index in [0.29, 0.717) is 0 Å². The third-order valence-electron chi connectivity index (χ3n) is 4.59. The molecule has 0 aliphatic carbocycles. The second kappa shape index (κ2) is 16.9. The zero-order valence-electron chi connectivity index (χ0n) is 15.7. The van der Waals surface area contributed by atoms with Crippen molar-refractivity contribution in [3.63, 3.8) is 0 Å². The SMILES string of the molecule is [CH2]CCCCCCCCCCCCCCCCOc1c[c]ccc1. The van der Waals surface area contributed by atoms with Gasteiger partial charge < -0.3 is 4.74 Å². The molecular weight excluding hydrogens is 292 g/mol. The van der Waals surface area contributed by atoms with Crippen LogP contribution in [0.5, 0.6) is 5.75 Å². The Morgan fingerprint density at radius 2 is 1.21 bits per heavy atom. The molecular formula is C23H38O. The van der Waals surface area contributed by atoms with Gasteiger partial charge in [-0.3, -0.25) is 0 Å². The van der Waals surface area contributed by atoms with Gasteiger partial charge >= 0.3 is 0 Å². The smallest absolute Gasteiger partial charge is 0.119 e. The van der Waals surface area contributed by atoms with Gasteiger partial charge in [0.2, 0.25) is 0 Å². The van der Waals surface area contributed by atoms with Crippen molar-refractivity contribution in [3.8, 4) is 5.75 Å². The van der Waals surface area contributed by atoms with Crippen molar-refractivity contribution in [2.75, 3.05) is 6.61 Å². The minimum Gasteiger partial charge on any atom is -0.494 e. The molecule has 0 aliphatic rings. The highest BCUT2D eigenvalue weighted by Crippen LogP contribution is 2.14. The van der Waals surface area contributed by atoms with E-state index in [0.717, 1.165) is 18.8 Å². The maximum atomic E-state index is 5.69. The quantitative estimate of drug-likeness (QED) is 0.268. The van der Waals surface area contributed by atoms with Gasteiger partial charge in [-0.2, -0.15) is 0 Å². The molecule has 0 saturated heterocycles. The summed E-state index contributed by atoms with van der Waals surface area (Å²) in [6, 6.07) is 10.8. The van der Waals surface area contributed by atoms with E-state index in [2.05, 4.69) is 13.0 Å². The van der Waals surface area contributed by atoms with Gasteiger partial charge in [0.1, 0.15) is 5.75 Å². The van der Waals surface area contributed by atoms with E-state index in [1.54, 1.807) is 0 Å². The van der Waals surface area contributed by atoms with Gasteiger partial charge in [0.05, 0.1) is 6.61 Å². The van der Waals surface area contributed by atoms with Gasteiger partial charge in [0.25, 0.3) is 0 Å². The van der Waals surface area contributed by atoms with Crippen LogP contribution in [0.25, 0.3) is 0 Å². The van der Waals surface area contributed by atoms with Crippen LogP contribution in [0.1, 0.15) is 96.3 Å². The second-order valence-electron chi connectivity index (χ2n) is 6.89. The first kappa shape index (κ1) is 21.1. The van der Waals surface area contributed by atoms with Gasteiger partial charge in [-0.05, 0) is 24.6 Å². The third kappa shape index (κ3) is 13.5. The molecule has 24 heavy (non-hydrogen) atoms. The van der Waals surface area contributed by atoms with Crippen LogP contribution in [0.2, 0.25) is 0 Å². The van der Waals surface area contributed by atoms with Crippen molar-refractivity contribution in [3.05, 3.63) is 37.3 Å². The highest BCUT2D eigenvalue weighted by atomic mass is 16.5. The van der Waals surface area contributed by atoms with E-state index in [-0.39, 0.29) is 0 Å². The molecule has 0 aromatic heterocycles. The number of benzene rings is 1. The molecule has 0 fully saturated rings. The molecule has 0 unspecified atom stereocenters. The molecule has 0 saturated carbocycles. The summed E-state index contributed by atoms with van der Waals surface area (Å²) in [6.45, 7) is 4.73. The molecule has 1 nitrogen and oxygen atoms in total. The Labute approximate surface area is 151 Å². The first-order valence-corrected chi connectivity index (χ1v) is 10.3. The van der Waals surface area contributed by atoms with Gasteiger partial charge in [0, 0.05) is 0 Å². The number of hydrogen-bond acceptors (Lipinski definition) is 1. The Balaban J connectivity index is 1.70. The van der Waals surface area contributed by atoms with Gasteiger partial charge in [-0.25, -0.2) is 0 Å². The summed E-state index contributed by atoms with van der Waals surface area (Å²) < 4.78 is 5.69. The van der Waals surface area contributed by atoms with Crippen LogP contribution in [0.3, 0.4) is 0 Å². The monoisotopic (exact) mass is 330 g/mol. The minimum absolute atomic E-state index is 0.840. The lowest BCUT2D eigenvalue weighted by atomic mass is 10.0. The zero-order chi connectivity index (χ0) is 17.1. The Morgan fingerprint density at radius 1 is 0.708 bits per heavy atom. The van der Waals surface area contributed by atoms with Crippen molar-refractivity contribution in [1.82, 2.24) is 0 Å². The van der Waals surface area contributed by atoms with Crippen molar-refractivity contribution >= 4 is 0 Å². The lowest BCUT2D eigenvalue weighted by molar-refractivity contribution is 0.304. The molecule has 0 spiro atoms. The minimum atomic E-state index is 0.840. The summed E-state index contributed by atoms with van der Waals surface area (Å²) in [5.41, 5.74) is 0. The van der Waals surface area contributed by atoms with Crippen LogP contribution in [0.15, 0.2) is 24.3 Å². The van der Waals surface area contributed by atoms with Crippen LogP contribution in [-0.4, -0.2) is 6.61 Å². The summed E-state index contributed by atoms with van der Waals surface area (Å²) in [5.74, 6) is 0.944. The number of unbranched alkanes of at least 4 members (excludes halogenated alkanes) is 14. The van der Waals surface area contributed by atoms with Crippen molar-refractivity contribution < 1.29 is 4.74 Å². The maximum absolute atomic E-state index is 5.69. The Morgan fingerprint density at radius 3 is 1.67 bits per heavy atom. The van der Waals surface area contributed by atoms with E-state index in [4.69, 9.17) is 4.74 Å². The molecule has 1 heteroatoms. The van der Waals surface area contributed by atoms with E-state index >= 15 is 0 Å². The molecule has 0 amide bonds. The standard InChI is InChI=1S/C23H38O/c1-2-3-4-5-6-7-8-9-10-11-12-13-14-15-19-22-24-23-20-17-16-18-21-23/h16-17,20-21H,1-15,19,22H2. The fourth-order valence-corrected chi connectivity index (χ4v) is 3.06. The van der Waals surface area contributed by atoms with Crippen LogP contribution < -0.4 is 4.74 Å². The summed E-state index contributed by atoms with van der Waals surface area (Å²) in [6.07, 6.45) is 20.5. The molecule has 0 atom stereocenters. The first-order valence-electron chi connectivity index (χ1n) is 10.3. The van der Waals surface area contributed by atoms with E-state index < -0.39 is 0 Å². The largest absolute Gasteiger partial charge is 0.494 e. The molecule has 0 heterocycles. The molecule has 1 rings (SSSR count). The summed E-state index contributed by atoms with van der Waals surface area (Å²) in [4.78, 5) is 0. The lowest BCUT2D eigenvalue weighted by Crippen LogP contribution is -1.96. The van der Waals surface area contributed by atoms with E-state index in [9.17, 15) is 0 Å². The van der Waals surface area contributed by atoms with Crippen LogP contribution in [0.4, 0.5) is 0 Å². The normalized spacial score (nSPS) is 10.9. The first-order chi connectivity index (χ1) is 11.9. The molecule has 0 N–H and O–H groups in total. The molecule has 1 aromatic carbocycles. The fraction of sp³-hybridized carbons (Fsp3) is 0.696. The summed E-state index contributed by atoms with van der Waals surface area (Å²) in [7, 11) is 0. The van der Waals surface area contributed by atoms with Crippen LogP contribution >= 0.6 is 0 Å². The maximum Gasteiger partial charge on any atom is 0.119 e. The third-order valence-corrected chi connectivity index (χ3v) is 4.59. The lowest BCUT2D eigenvalue weighted by Gasteiger charge is -2.06. The van der Waals surface area contributed by atoms with Crippen molar-refractivity contribution in [2.45, 2.75) is 96.3 Å². The molecule has 1 aromatic rings. The molecule has 0 bridgehead atoms. The predicted octanol–water partition coefficient (Wildman–Crippen LogP) is 7.55. The number of ether oxygens (including phenoxy) is 1. The Kier molecular flexibility index (Phi) is 14.8. The van der Waals surface area contributed by atoms with Gasteiger partial charge in [-0.1, -0.05) is 109 Å². The molecule has 0 aliphatic heterocycles. The van der Waals surface area contributed by atoms with E-state index in [1.165, 1.54) is 89.9 Å². The van der Waals surface area contributed by atoms with Crippen LogP contribution in [-0.2, 0) is 0 Å². The highest BCUT2D eigenvalue weighted by molar-refractivity contribution is 5.19. The topological polar surface area (TPSA) is 9.23 Å². The molecule has 136 valence electrons. The Bertz CT molecular complexity index is 346. The fourth-order valence-electron chi connectivity index (χ4n) is 3.06. The van der Waals surface area contributed by atoms with Crippen LogP contribution in [0, 0.1) is 13.0 Å². The zero-order valence-corrected chi connectivity index (χ0v) is 15.7.